The number of ether oxygens (including phenoxy) is 1. The van der Waals surface area contributed by atoms with E-state index in [1.54, 1.807) is 13.8 Å². The van der Waals surface area contributed by atoms with Crippen LogP contribution in [0, 0.1) is 16.4 Å². The molecule has 0 fully saturated rings. The lowest BCUT2D eigenvalue weighted by molar-refractivity contribution is -0.146. The molecule has 0 bridgehead atoms. The topological polar surface area (TPSA) is 47.0 Å². The number of nitrogens with one attached hydrogen (secondary N) is 1. The Labute approximate surface area is 113 Å². The molecule has 102 valence electrons. The number of nitrogens with zero attached hydrogens (tertiary/aromatic N) is 1. The van der Waals surface area contributed by atoms with Crippen LogP contribution in [0.2, 0.25) is 0 Å². The van der Waals surface area contributed by atoms with Gasteiger partial charge in [-0.1, -0.05) is 0 Å². The number of H-pyrrole nitrogens is 1. The fourth-order valence-electron chi connectivity index (χ4n) is 1.90. The van der Waals surface area contributed by atoms with E-state index in [1.807, 2.05) is 0 Å². The standard InChI is InChI=1S/C12H12F2N2O2S/c1-3-18-11(17)6(2)16-9-5-7(13)4-8(14)10(9)15-12(16)19/h4-6H,3H2,1-2H3,(H,15,19). The molecule has 1 N–H and O–H groups in total. The largest absolute Gasteiger partial charge is 0.464 e. The Balaban J connectivity index is 2.63. The van der Waals surface area contributed by atoms with E-state index in [0.717, 1.165) is 12.1 Å². The Hall–Kier alpha value is -1.76. The number of hydrogen-bond acceptors (Lipinski definition) is 3. The van der Waals surface area contributed by atoms with Gasteiger partial charge in [0, 0.05) is 6.07 Å². The van der Waals surface area contributed by atoms with E-state index in [-0.39, 0.29) is 22.4 Å². The highest BCUT2D eigenvalue weighted by molar-refractivity contribution is 7.71. The zero-order chi connectivity index (χ0) is 14.2. The van der Waals surface area contributed by atoms with E-state index in [0.29, 0.717) is 0 Å². The van der Waals surface area contributed by atoms with Crippen LogP contribution in [0.4, 0.5) is 8.78 Å². The maximum atomic E-state index is 13.6. The van der Waals surface area contributed by atoms with Gasteiger partial charge < -0.3 is 14.3 Å². The first-order chi connectivity index (χ1) is 8.95. The summed E-state index contributed by atoms with van der Waals surface area (Å²) in [5, 5.41) is 0. The van der Waals surface area contributed by atoms with Crippen molar-refractivity contribution in [2.45, 2.75) is 19.9 Å². The van der Waals surface area contributed by atoms with Crippen LogP contribution < -0.4 is 0 Å². The van der Waals surface area contributed by atoms with Crippen LogP contribution >= 0.6 is 12.2 Å². The maximum Gasteiger partial charge on any atom is 0.328 e. The molecule has 0 saturated heterocycles. The molecular formula is C12H12F2N2O2S. The third kappa shape index (κ3) is 2.37. The number of imidazole rings is 1. The Morgan fingerprint density at radius 3 is 2.84 bits per heavy atom. The lowest BCUT2D eigenvalue weighted by Crippen LogP contribution is -2.19. The van der Waals surface area contributed by atoms with Crippen LogP contribution in [0.1, 0.15) is 19.9 Å². The predicted molar refractivity (Wildman–Crippen MR) is 68.4 cm³/mol. The summed E-state index contributed by atoms with van der Waals surface area (Å²) in [5.41, 5.74) is 0.269. The zero-order valence-corrected chi connectivity index (χ0v) is 11.2. The van der Waals surface area contributed by atoms with Crippen molar-refractivity contribution < 1.29 is 18.3 Å². The van der Waals surface area contributed by atoms with Gasteiger partial charge in [0.05, 0.1) is 12.1 Å². The summed E-state index contributed by atoms with van der Waals surface area (Å²) in [4.78, 5) is 14.3. The highest BCUT2D eigenvalue weighted by atomic mass is 32.1. The minimum Gasteiger partial charge on any atom is -0.464 e. The van der Waals surface area contributed by atoms with Gasteiger partial charge in [-0.25, -0.2) is 13.6 Å². The quantitative estimate of drug-likeness (QED) is 0.696. The number of carbonyl (C=O) groups is 1. The molecular weight excluding hydrogens is 274 g/mol. The van der Waals surface area contributed by atoms with Crippen molar-refractivity contribution in [3.8, 4) is 0 Å². The SMILES string of the molecule is CCOC(=O)C(C)n1c(=S)[nH]c2c(F)cc(F)cc21. The molecule has 0 radical (unpaired) electrons. The van der Waals surface area contributed by atoms with Crippen molar-refractivity contribution in [2.75, 3.05) is 6.61 Å². The molecule has 1 atom stereocenters. The Bertz CT molecular complexity index is 693. The molecule has 0 aliphatic heterocycles. The minimum atomic E-state index is -0.762. The van der Waals surface area contributed by atoms with Gasteiger partial charge in [0.25, 0.3) is 0 Å². The summed E-state index contributed by atoms with van der Waals surface area (Å²) in [5.74, 6) is -2.00. The molecule has 7 heteroatoms. The smallest absolute Gasteiger partial charge is 0.328 e. The average molecular weight is 286 g/mol. The lowest BCUT2D eigenvalue weighted by atomic mass is 10.2. The summed E-state index contributed by atoms with van der Waals surface area (Å²) < 4.78 is 33.3. The third-order valence-electron chi connectivity index (χ3n) is 2.76. The number of halogens is 2. The minimum absolute atomic E-state index is 0.0718. The van der Waals surface area contributed by atoms with Crippen LogP contribution in [-0.4, -0.2) is 22.1 Å². The summed E-state index contributed by atoms with van der Waals surface area (Å²) in [6.07, 6.45) is 0. The van der Waals surface area contributed by atoms with Crippen molar-refractivity contribution in [2.24, 2.45) is 0 Å². The summed E-state index contributed by atoms with van der Waals surface area (Å²) >= 11 is 5.05. The van der Waals surface area contributed by atoms with Gasteiger partial charge in [0.2, 0.25) is 0 Å². The molecule has 1 aromatic heterocycles. The van der Waals surface area contributed by atoms with Crippen LogP contribution in [0.25, 0.3) is 11.0 Å². The van der Waals surface area contributed by atoms with Crippen LogP contribution in [-0.2, 0) is 9.53 Å². The Morgan fingerprint density at radius 1 is 1.53 bits per heavy atom. The Kier molecular flexibility index (Phi) is 3.66. The number of benzene rings is 1. The number of fused-ring (bicyclic) bond motifs is 1. The number of esters is 1. The van der Waals surface area contributed by atoms with Crippen LogP contribution in [0.5, 0.6) is 0 Å². The van der Waals surface area contributed by atoms with Crippen molar-refractivity contribution >= 4 is 29.2 Å². The fraction of sp³-hybridized carbons (Fsp3) is 0.333. The lowest BCUT2D eigenvalue weighted by Gasteiger charge is -2.13. The highest BCUT2D eigenvalue weighted by Gasteiger charge is 2.21. The molecule has 0 saturated carbocycles. The third-order valence-corrected chi connectivity index (χ3v) is 3.06. The number of aromatic nitrogens is 2. The monoisotopic (exact) mass is 286 g/mol. The molecule has 19 heavy (non-hydrogen) atoms. The fourth-order valence-corrected chi connectivity index (χ4v) is 2.26. The van der Waals surface area contributed by atoms with Gasteiger partial charge >= 0.3 is 5.97 Å². The highest BCUT2D eigenvalue weighted by Crippen LogP contribution is 2.23. The molecule has 2 aromatic rings. The summed E-state index contributed by atoms with van der Waals surface area (Å²) in [6.45, 7) is 3.46. The maximum absolute atomic E-state index is 13.6. The van der Waals surface area contributed by atoms with Gasteiger partial charge in [-0.2, -0.15) is 0 Å². The Morgan fingerprint density at radius 2 is 2.21 bits per heavy atom. The molecule has 0 aliphatic rings. The van der Waals surface area contributed by atoms with Crippen molar-refractivity contribution in [3.05, 3.63) is 28.5 Å². The molecule has 2 rings (SSSR count). The first kappa shape index (κ1) is 13.7. The van der Waals surface area contributed by atoms with E-state index in [9.17, 15) is 13.6 Å². The molecule has 1 heterocycles. The zero-order valence-electron chi connectivity index (χ0n) is 10.4. The normalized spacial score (nSPS) is 12.6. The molecule has 4 nitrogen and oxygen atoms in total. The van der Waals surface area contributed by atoms with E-state index >= 15 is 0 Å². The van der Waals surface area contributed by atoms with Gasteiger partial charge in [-0.05, 0) is 32.1 Å². The van der Waals surface area contributed by atoms with Crippen LogP contribution in [0.3, 0.4) is 0 Å². The van der Waals surface area contributed by atoms with E-state index in [4.69, 9.17) is 17.0 Å². The van der Waals surface area contributed by atoms with Gasteiger partial charge in [-0.15, -0.1) is 0 Å². The summed E-state index contributed by atoms with van der Waals surface area (Å²) in [7, 11) is 0. The van der Waals surface area contributed by atoms with Crippen molar-refractivity contribution in [3.63, 3.8) is 0 Å². The van der Waals surface area contributed by atoms with Crippen molar-refractivity contribution in [1.82, 2.24) is 9.55 Å². The van der Waals surface area contributed by atoms with Crippen LogP contribution in [0.15, 0.2) is 12.1 Å². The molecule has 0 spiro atoms. The van der Waals surface area contributed by atoms with E-state index < -0.39 is 23.6 Å². The number of hydrogen-bond donors (Lipinski definition) is 1. The van der Waals surface area contributed by atoms with E-state index in [1.165, 1.54) is 4.57 Å². The number of aromatic amines is 1. The second-order valence-electron chi connectivity index (χ2n) is 4.01. The van der Waals surface area contributed by atoms with Gasteiger partial charge in [-0.3, -0.25) is 0 Å². The van der Waals surface area contributed by atoms with Gasteiger partial charge in [0.15, 0.2) is 10.6 Å². The second kappa shape index (κ2) is 5.08. The van der Waals surface area contributed by atoms with Crippen molar-refractivity contribution in [1.29, 1.82) is 0 Å². The number of rotatable bonds is 3. The first-order valence-corrected chi connectivity index (χ1v) is 6.12. The first-order valence-electron chi connectivity index (χ1n) is 5.71. The summed E-state index contributed by atoms with van der Waals surface area (Å²) in [6, 6.07) is 1.12. The molecule has 0 aliphatic carbocycles. The van der Waals surface area contributed by atoms with Gasteiger partial charge in [0.1, 0.15) is 17.4 Å². The number of carbonyl (C=O) groups excluding carboxylic acids is 1. The second-order valence-corrected chi connectivity index (χ2v) is 4.40. The molecule has 1 unspecified atom stereocenters. The predicted octanol–water partition coefficient (Wildman–Crippen LogP) is 3.10. The molecule has 0 amide bonds. The molecule has 1 aromatic carbocycles. The van der Waals surface area contributed by atoms with E-state index in [2.05, 4.69) is 4.98 Å². The average Bonchev–Trinajstić information content (AvgIpc) is 2.65.